The zero-order valence-corrected chi connectivity index (χ0v) is 31.1. The molecule has 0 bridgehead atoms. The van der Waals surface area contributed by atoms with Crippen LogP contribution in [0.2, 0.25) is 0 Å². The van der Waals surface area contributed by atoms with Gasteiger partial charge in [-0.25, -0.2) is 0 Å². The fourth-order valence-electron chi connectivity index (χ4n) is 6.59. The van der Waals surface area contributed by atoms with Gasteiger partial charge in [0.05, 0.1) is 30.7 Å². The van der Waals surface area contributed by atoms with Crippen LogP contribution in [0.1, 0.15) is 22.3 Å². The van der Waals surface area contributed by atoms with Crippen LogP contribution in [0.3, 0.4) is 0 Å². The first-order valence-electron chi connectivity index (χ1n) is 17.3. The van der Waals surface area contributed by atoms with Gasteiger partial charge in [-0.05, 0) is 78.4 Å². The van der Waals surface area contributed by atoms with Gasteiger partial charge in [0.2, 0.25) is 0 Å². The van der Waals surface area contributed by atoms with Crippen LogP contribution in [0.25, 0.3) is 21.9 Å². The van der Waals surface area contributed by atoms with Crippen molar-refractivity contribution in [2.45, 2.75) is 32.1 Å². The van der Waals surface area contributed by atoms with E-state index in [1.807, 2.05) is 49.1 Å². The third-order valence-electron chi connectivity index (χ3n) is 9.58. The number of anilines is 1. The molecule has 1 aliphatic heterocycles. The number of carbonyl (C=O) groups excluding carboxylic acids is 1. The van der Waals surface area contributed by atoms with Crippen LogP contribution in [0.5, 0.6) is 5.75 Å². The van der Waals surface area contributed by atoms with Crippen LogP contribution in [-0.4, -0.2) is 120 Å². The minimum Gasteiger partial charge on any atom is -0.505 e. The molecule has 16 heteroatoms. The zero-order valence-electron chi connectivity index (χ0n) is 30.3. The predicted molar refractivity (Wildman–Crippen MR) is 203 cm³/mol. The molecule has 1 fully saturated rings. The van der Waals surface area contributed by atoms with E-state index >= 15 is 0 Å². The van der Waals surface area contributed by atoms with Crippen molar-refractivity contribution >= 4 is 55.7 Å². The minimum absolute atomic E-state index is 0.000586. The molecule has 286 valence electrons. The van der Waals surface area contributed by atoms with Crippen LogP contribution in [0, 0.1) is 20.8 Å². The third kappa shape index (κ3) is 9.83. The van der Waals surface area contributed by atoms with Crippen LogP contribution in [0.4, 0.5) is 17.1 Å². The van der Waals surface area contributed by atoms with Gasteiger partial charge in [-0.1, -0.05) is 30.3 Å². The average molecular weight is 761 g/mol. The number of phenols is 1. The highest BCUT2D eigenvalue weighted by Gasteiger charge is 2.23. The number of nitrogens with two attached hydrogens (primary N) is 1. The Hall–Kier alpha value is -5.26. The third-order valence-corrected chi connectivity index (χ3v) is 10.5. The first-order valence-corrected chi connectivity index (χ1v) is 18.7. The summed E-state index contributed by atoms with van der Waals surface area (Å²) in [5.74, 6) is -2.29. The molecule has 0 aliphatic carbocycles. The van der Waals surface area contributed by atoms with Gasteiger partial charge in [0.1, 0.15) is 10.6 Å². The Balaban J connectivity index is 1.27. The Kier molecular flexibility index (Phi) is 12.4. The molecule has 4 aromatic carbocycles. The minimum atomic E-state index is -4.58. The molecule has 0 aromatic heterocycles. The molecule has 4 aromatic rings. The number of fused-ring (bicyclic) bond motifs is 1. The maximum atomic E-state index is 13.3. The van der Waals surface area contributed by atoms with Gasteiger partial charge in [0.25, 0.3) is 10.1 Å². The largest absolute Gasteiger partial charge is 0.505 e. The highest BCUT2D eigenvalue weighted by Crippen LogP contribution is 2.42. The maximum Gasteiger partial charge on any atom is 0.317 e. The second-order valence-electron chi connectivity index (χ2n) is 13.6. The van der Waals surface area contributed by atoms with E-state index in [1.54, 1.807) is 22.8 Å². The molecule has 0 atom stereocenters. The lowest BCUT2D eigenvalue weighted by atomic mass is 9.96. The highest BCUT2D eigenvalue weighted by atomic mass is 32.2. The number of nitrogen functional groups attached to an aromatic ring is 1. The number of hydrogen-bond donors (Lipinski definition) is 5. The van der Waals surface area contributed by atoms with Crippen LogP contribution in [-0.2, 0) is 30.9 Å². The number of carboxylic acids is 2. The summed E-state index contributed by atoms with van der Waals surface area (Å²) in [6.07, 6.45) is 0.211. The van der Waals surface area contributed by atoms with Gasteiger partial charge in [0, 0.05) is 56.8 Å². The maximum absolute atomic E-state index is 13.3. The molecule has 0 unspecified atom stereocenters. The molecule has 0 radical (unpaired) electrons. The van der Waals surface area contributed by atoms with Gasteiger partial charge in [-0.2, -0.15) is 13.5 Å². The van der Waals surface area contributed by atoms with Gasteiger partial charge < -0.3 is 21.1 Å². The number of benzene rings is 4. The Labute approximate surface area is 313 Å². The Morgan fingerprint density at radius 1 is 0.704 bits per heavy atom. The highest BCUT2D eigenvalue weighted by molar-refractivity contribution is 7.86. The van der Waals surface area contributed by atoms with Crippen LogP contribution >= 0.6 is 0 Å². The zero-order chi connectivity index (χ0) is 39.3. The van der Waals surface area contributed by atoms with Crippen molar-refractivity contribution in [2.24, 2.45) is 10.2 Å². The van der Waals surface area contributed by atoms with Gasteiger partial charge in [0.15, 0.2) is 11.5 Å². The number of nitrogens with zero attached hydrogens (tertiary/aromatic N) is 5. The summed E-state index contributed by atoms with van der Waals surface area (Å²) in [4.78, 5) is 41.1. The predicted octanol–water partition coefficient (Wildman–Crippen LogP) is 4.58. The topological polar surface area (TPSA) is 227 Å². The van der Waals surface area contributed by atoms with E-state index in [9.17, 15) is 42.7 Å². The lowest BCUT2D eigenvalue weighted by molar-refractivity contribution is -0.140. The number of aliphatic carboxylic acids is 2. The fourth-order valence-corrected chi connectivity index (χ4v) is 7.36. The molecule has 5 rings (SSSR count). The summed E-state index contributed by atoms with van der Waals surface area (Å²) >= 11 is 0. The lowest BCUT2D eigenvalue weighted by Gasteiger charge is -2.24. The number of carbonyl (C=O) groups is 3. The molecule has 15 nitrogen and oxygen atoms in total. The van der Waals surface area contributed by atoms with E-state index < -0.39 is 22.1 Å². The van der Waals surface area contributed by atoms with E-state index in [0.717, 1.165) is 27.8 Å². The number of rotatable bonds is 12. The smallest absolute Gasteiger partial charge is 0.317 e. The monoisotopic (exact) mass is 760 g/mol. The quantitative estimate of drug-likeness (QED) is 0.0758. The number of ketones is 1. The Morgan fingerprint density at radius 2 is 1.20 bits per heavy atom. The molecule has 0 spiro atoms. The number of phenolic OH excluding ortho intramolecular Hbond substituents is 1. The molecule has 0 saturated carbocycles. The molecule has 0 amide bonds. The Bertz CT molecular complexity index is 2210. The van der Waals surface area contributed by atoms with Crippen LogP contribution in [0.15, 0.2) is 69.7 Å². The summed E-state index contributed by atoms with van der Waals surface area (Å²) in [5, 5.41) is 38.3. The number of aryl methyl sites for hydroxylation is 3. The van der Waals surface area contributed by atoms with Crippen molar-refractivity contribution in [1.82, 2.24) is 14.7 Å². The van der Waals surface area contributed by atoms with Crippen molar-refractivity contribution in [3.05, 3.63) is 76.9 Å². The molecule has 1 heterocycles. The van der Waals surface area contributed by atoms with E-state index in [1.165, 1.54) is 18.2 Å². The number of azo groups is 1. The van der Waals surface area contributed by atoms with E-state index in [0.29, 0.717) is 50.5 Å². The summed E-state index contributed by atoms with van der Waals surface area (Å²) in [6, 6.07) is 15.5. The number of carboxylic acid groups (broad SMARTS) is 2. The molecule has 1 aliphatic rings. The first-order chi connectivity index (χ1) is 25.5. The summed E-state index contributed by atoms with van der Waals surface area (Å²) in [7, 11) is -4.58. The first kappa shape index (κ1) is 39.9. The molecule has 1 saturated heterocycles. The second-order valence-corrected chi connectivity index (χ2v) is 15.0. The van der Waals surface area contributed by atoms with Crippen molar-refractivity contribution in [2.75, 3.05) is 64.6 Å². The Morgan fingerprint density at radius 3 is 1.72 bits per heavy atom. The van der Waals surface area contributed by atoms with Gasteiger partial charge in [-0.3, -0.25) is 33.6 Å². The molecule has 54 heavy (non-hydrogen) atoms. The number of aromatic hydroxyl groups is 1. The van der Waals surface area contributed by atoms with Gasteiger partial charge >= 0.3 is 11.9 Å². The second kappa shape index (κ2) is 16.8. The number of hydrogen-bond acceptors (Lipinski definition) is 12. The van der Waals surface area contributed by atoms with E-state index in [2.05, 4.69) is 10.2 Å². The lowest BCUT2D eigenvalue weighted by Crippen LogP contribution is -2.40. The molecular weight excluding hydrogens is 717 g/mol. The van der Waals surface area contributed by atoms with Crippen molar-refractivity contribution < 1.29 is 42.7 Å². The average Bonchev–Trinajstić information content (AvgIpc) is 3.17. The van der Waals surface area contributed by atoms with Crippen LogP contribution < -0.4 is 5.73 Å². The standard InChI is InChI=1S/C38H44N6O9S/c1-23-16-27(5-4-26(23)19-29(45)20-42-10-12-43(21-34(46)47)14-15-44(13-11-42)22-35(48)49)28-6-8-31(24(2)17-28)40-41-32-9-7-30-33(54(51,52)53)18-25(3)37(39)36(30)38(32)50/h4-9,16-18,50H,10-15,19-22,39H2,1-3H3,(H,46,47)(H,48,49)(H,51,52,53). The summed E-state index contributed by atoms with van der Waals surface area (Å²) < 4.78 is 33.6. The SMILES string of the molecule is Cc1cc(-c2ccc(N=Nc3ccc4c(S(=O)(=O)O)cc(C)c(N)c4c3O)c(C)c2)ccc1CC(=O)CN1CCN(CC(=O)O)CCN(CC(=O)O)CC1. The summed E-state index contributed by atoms with van der Waals surface area (Å²) in [6.45, 7) is 7.96. The normalized spacial score (nSPS) is 15.3. The van der Waals surface area contributed by atoms with E-state index in [-0.39, 0.29) is 64.6 Å². The fraction of sp³-hybridized carbons (Fsp3) is 0.342. The van der Waals surface area contributed by atoms with Crippen molar-refractivity contribution in [1.29, 1.82) is 0 Å². The number of Topliss-reactive ketones (excluding diaryl/α,β-unsaturated/α-hetero) is 1. The van der Waals surface area contributed by atoms with Crippen molar-refractivity contribution in [3.63, 3.8) is 0 Å². The molecule has 6 N–H and O–H groups in total. The van der Waals surface area contributed by atoms with Crippen molar-refractivity contribution in [3.8, 4) is 16.9 Å². The van der Waals surface area contributed by atoms with Gasteiger partial charge in [-0.15, -0.1) is 5.11 Å². The summed E-state index contributed by atoms with van der Waals surface area (Å²) in [5.41, 5.74) is 11.7. The molecular formula is C38H44N6O9S. The van der Waals surface area contributed by atoms with E-state index in [4.69, 9.17) is 5.73 Å².